The Kier molecular flexibility index (Phi) is 3.14. The molecule has 0 amide bonds. The fraction of sp³-hybridized carbons (Fsp3) is 0. The van der Waals surface area contributed by atoms with Crippen LogP contribution in [0, 0.1) is 10.1 Å². The second kappa shape index (κ2) is 4.47. The number of hydrogen-bond donors (Lipinski definition) is 2. The monoisotopic (exact) mass is 307 g/mol. The van der Waals surface area contributed by atoms with Crippen LogP contribution in [0.2, 0.25) is 0 Å². The lowest BCUT2D eigenvalue weighted by Crippen LogP contribution is -2.11. The number of nitrogen functional groups attached to an aromatic ring is 1. The highest BCUT2D eigenvalue weighted by Crippen LogP contribution is 2.35. The van der Waals surface area contributed by atoms with Gasteiger partial charge in [0.15, 0.2) is 5.00 Å². The molecule has 9 nitrogen and oxygen atoms in total. The molecule has 0 unspecified atom stereocenters. The zero-order valence-electron chi connectivity index (χ0n) is 8.43. The average molecular weight is 307 g/mol. The number of thiophene rings is 1. The Labute approximate surface area is 108 Å². The van der Waals surface area contributed by atoms with Crippen LogP contribution in [0.4, 0.5) is 15.8 Å². The summed E-state index contributed by atoms with van der Waals surface area (Å²) in [6.07, 6.45) is 0. The summed E-state index contributed by atoms with van der Waals surface area (Å²) in [5.41, 5.74) is 6.29. The third kappa shape index (κ3) is 2.39. The predicted octanol–water partition coefficient (Wildman–Crippen LogP) is 0.891. The van der Waals surface area contributed by atoms with Crippen molar-refractivity contribution >= 4 is 48.5 Å². The van der Waals surface area contributed by atoms with Crippen LogP contribution in [0.5, 0.6) is 0 Å². The van der Waals surface area contributed by atoms with Gasteiger partial charge in [-0.2, -0.15) is 0 Å². The van der Waals surface area contributed by atoms with Crippen LogP contribution in [0.15, 0.2) is 15.8 Å². The fourth-order valence-electron chi connectivity index (χ4n) is 1.03. The molecule has 0 aromatic carbocycles. The molecule has 2 heterocycles. The summed E-state index contributed by atoms with van der Waals surface area (Å²) in [5.74, 6) is 0. The van der Waals surface area contributed by atoms with Crippen LogP contribution < -0.4 is 10.5 Å². The summed E-state index contributed by atoms with van der Waals surface area (Å²) < 4.78 is 25.6. The van der Waals surface area contributed by atoms with Crippen LogP contribution in [0.25, 0.3) is 0 Å². The Morgan fingerprint density at radius 1 is 1.50 bits per heavy atom. The molecule has 3 N–H and O–H groups in total. The van der Waals surface area contributed by atoms with Gasteiger partial charge in [-0.25, -0.2) is 8.42 Å². The first-order valence-electron chi connectivity index (χ1n) is 4.23. The van der Waals surface area contributed by atoms with E-state index in [-0.39, 0.29) is 14.3 Å². The van der Waals surface area contributed by atoms with Gasteiger partial charge in [-0.3, -0.25) is 14.8 Å². The highest BCUT2D eigenvalue weighted by atomic mass is 32.2. The van der Waals surface area contributed by atoms with Crippen LogP contribution in [0.1, 0.15) is 0 Å². The summed E-state index contributed by atoms with van der Waals surface area (Å²) in [6, 6.07) is 0.906. The zero-order chi connectivity index (χ0) is 13.3. The molecule has 0 atom stereocenters. The summed E-state index contributed by atoms with van der Waals surface area (Å²) >= 11 is 1.60. The molecule has 0 radical (unpaired) electrons. The molecular formula is C6H5N5O4S3. The van der Waals surface area contributed by atoms with Crippen molar-refractivity contribution in [2.24, 2.45) is 0 Å². The maximum atomic E-state index is 11.8. The molecule has 0 aliphatic rings. The van der Waals surface area contributed by atoms with Crippen molar-refractivity contribution in [2.45, 2.75) is 4.21 Å². The Hall–Kier alpha value is -1.79. The van der Waals surface area contributed by atoms with Crippen LogP contribution in [-0.4, -0.2) is 23.5 Å². The minimum Gasteiger partial charge on any atom is -0.385 e. The first kappa shape index (κ1) is 12.7. The van der Waals surface area contributed by atoms with Gasteiger partial charge < -0.3 is 5.73 Å². The summed E-state index contributed by atoms with van der Waals surface area (Å²) in [5, 5.41) is 17.5. The largest absolute Gasteiger partial charge is 0.385 e. The lowest BCUT2D eigenvalue weighted by molar-refractivity contribution is -0.383. The van der Waals surface area contributed by atoms with E-state index in [4.69, 9.17) is 5.73 Å². The van der Waals surface area contributed by atoms with E-state index in [1.54, 1.807) is 0 Å². The van der Waals surface area contributed by atoms with E-state index < -0.39 is 20.6 Å². The van der Waals surface area contributed by atoms with Gasteiger partial charge in [0.2, 0.25) is 5.13 Å². The molecular weight excluding hydrogens is 302 g/mol. The van der Waals surface area contributed by atoms with Gasteiger partial charge in [-0.1, -0.05) is 22.7 Å². The van der Waals surface area contributed by atoms with E-state index in [1.807, 2.05) is 0 Å². The maximum Gasteiger partial charge on any atom is 0.304 e. The smallest absolute Gasteiger partial charge is 0.304 e. The van der Waals surface area contributed by atoms with Crippen molar-refractivity contribution in [1.82, 2.24) is 10.2 Å². The fourth-order valence-corrected chi connectivity index (χ4v) is 3.94. The van der Waals surface area contributed by atoms with Crippen LogP contribution in [0.3, 0.4) is 0 Å². The number of anilines is 2. The van der Waals surface area contributed by atoms with Gasteiger partial charge in [0, 0.05) is 6.07 Å². The average Bonchev–Trinajstić information content (AvgIpc) is 2.86. The maximum absolute atomic E-state index is 11.8. The van der Waals surface area contributed by atoms with Gasteiger partial charge in [-0.15, -0.1) is 10.2 Å². The quantitative estimate of drug-likeness (QED) is 0.631. The number of nitrogens with two attached hydrogens (primary N) is 1. The van der Waals surface area contributed by atoms with Gasteiger partial charge >= 0.3 is 5.69 Å². The molecule has 18 heavy (non-hydrogen) atoms. The molecule has 0 fully saturated rings. The molecule has 0 saturated carbocycles. The van der Waals surface area contributed by atoms with E-state index in [2.05, 4.69) is 14.9 Å². The lowest BCUT2D eigenvalue weighted by Gasteiger charge is -1.99. The van der Waals surface area contributed by atoms with Crippen molar-refractivity contribution in [2.75, 3.05) is 10.5 Å². The third-order valence-corrected chi connectivity index (χ3v) is 5.26. The second-order valence-electron chi connectivity index (χ2n) is 2.92. The van der Waals surface area contributed by atoms with E-state index in [0.717, 1.165) is 17.4 Å². The molecule has 2 aromatic rings. The highest BCUT2D eigenvalue weighted by molar-refractivity contribution is 7.95. The standard InChI is InChI=1S/C6H5N5O4S3/c7-5-3(11(12)13)1-4(17-5)18(14,15)10-6-9-8-2-16-6/h1-2H,7H2,(H,9,10). The Morgan fingerprint density at radius 3 is 2.72 bits per heavy atom. The predicted molar refractivity (Wildman–Crippen MR) is 66.1 cm³/mol. The number of nitro groups is 1. The van der Waals surface area contributed by atoms with E-state index >= 15 is 0 Å². The number of sulfonamides is 1. The molecule has 0 spiro atoms. The van der Waals surface area contributed by atoms with Gasteiger partial charge in [-0.05, 0) is 0 Å². The molecule has 0 bridgehead atoms. The number of rotatable bonds is 4. The van der Waals surface area contributed by atoms with Gasteiger partial charge in [0.25, 0.3) is 10.0 Å². The van der Waals surface area contributed by atoms with Crippen LogP contribution in [-0.2, 0) is 10.0 Å². The Balaban J connectivity index is 2.36. The SMILES string of the molecule is Nc1sc(S(=O)(=O)Nc2nncs2)cc1[N+](=O)[O-]. The lowest BCUT2D eigenvalue weighted by atomic mass is 10.5. The summed E-state index contributed by atoms with van der Waals surface area (Å²) in [4.78, 5) is 9.84. The molecule has 0 aliphatic heterocycles. The number of nitrogens with one attached hydrogen (secondary N) is 1. The molecule has 96 valence electrons. The van der Waals surface area contributed by atoms with Crippen LogP contribution >= 0.6 is 22.7 Å². The molecule has 2 rings (SSSR count). The van der Waals surface area contributed by atoms with E-state index in [0.29, 0.717) is 11.3 Å². The van der Waals surface area contributed by atoms with Crippen molar-refractivity contribution in [3.63, 3.8) is 0 Å². The zero-order valence-corrected chi connectivity index (χ0v) is 10.9. The number of hydrogen-bond acceptors (Lipinski definition) is 9. The minimum absolute atomic E-state index is 0.0737. The topological polar surface area (TPSA) is 141 Å². The minimum atomic E-state index is -3.93. The number of nitrogens with zero attached hydrogens (tertiary/aromatic N) is 3. The van der Waals surface area contributed by atoms with Crippen molar-refractivity contribution in [1.29, 1.82) is 0 Å². The summed E-state index contributed by atoms with van der Waals surface area (Å²) in [6.45, 7) is 0. The Morgan fingerprint density at radius 2 is 2.22 bits per heavy atom. The van der Waals surface area contributed by atoms with Crippen molar-refractivity contribution < 1.29 is 13.3 Å². The number of aromatic nitrogens is 2. The molecule has 0 aliphatic carbocycles. The Bertz CT molecular complexity index is 676. The van der Waals surface area contributed by atoms with Gasteiger partial charge in [0.1, 0.15) is 9.72 Å². The second-order valence-corrected chi connectivity index (χ2v) is 6.75. The van der Waals surface area contributed by atoms with E-state index in [9.17, 15) is 18.5 Å². The first-order chi connectivity index (χ1) is 8.40. The van der Waals surface area contributed by atoms with Crippen molar-refractivity contribution in [3.05, 3.63) is 21.7 Å². The van der Waals surface area contributed by atoms with Gasteiger partial charge in [0.05, 0.1) is 4.92 Å². The van der Waals surface area contributed by atoms with Crippen molar-refractivity contribution in [3.8, 4) is 0 Å². The normalized spacial score (nSPS) is 11.3. The third-order valence-electron chi connectivity index (χ3n) is 1.76. The molecule has 0 saturated heterocycles. The highest BCUT2D eigenvalue weighted by Gasteiger charge is 2.25. The molecule has 2 aromatic heterocycles. The van der Waals surface area contributed by atoms with E-state index in [1.165, 1.54) is 5.51 Å². The first-order valence-corrected chi connectivity index (χ1v) is 7.41. The molecule has 12 heteroatoms. The summed E-state index contributed by atoms with van der Waals surface area (Å²) in [7, 11) is -3.93.